The van der Waals surface area contributed by atoms with Crippen LogP contribution < -0.4 is 10.6 Å². The second-order valence-electron chi connectivity index (χ2n) is 4.54. The Morgan fingerprint density at radius 3 is 2.42 bits per heavy atom. The lowest BCUT2D eigenvalue weighted by atomic mass is 10.0. The molecule has 2 atom stereocenters. The van der Waals surface area contributed by atoms with Gasteiger partial charge in [-0.1, -0.05) is 18.2 Å². The molecule has 2 fully saturated rings. The minimum absolute atomic E-state index is 0.154. The Kier molecular flexibility index (Phi) is 3.33. The van der Waals surface area contributed by atoms with Crippen LogP contribution in [-0.2, 0) is 0 Å². The van der Waals surface area contributed by atoms with E-state index in [-0.39, 0.29) is 12.1 Å². The number of carbonyl (C=O) groups is 2. The van der Waals surface area contributed by atoms with Gasteiger partial charge in [0.1, 0.15) is 0 Å². The molecule has 2 rings (SSSR count). The second kappa shape index (κ2) is 4.79. The summed E-state index contributed by atoms with van der Waals surface area (Å²) in [6.07, 6.45) is 5.01. The zero-order valence-electron chi connectivity index (χ0n) is 10.8. The van der Waals surface area contributed by atoms with Crippen LogP contribution in [0, 0.1) is 0 Å². The zero-order valence-corrected chi connectivity index (χ0v) is 10.8. The number of hydrogen-bond acceptors (Lipinski definition) is 2. The third kappa shape index (κ3) is 1.80. The summed E-state index contributed by atoms with van der Waals surface area (Å²) in [5.41, 5.74) is -0.798. The van der Waals surface area contributed by atoms with E-state index in [4.69, 9.17) is 0 Å². The number of nitrogens with one attached hydrogen (secondary N) is 2. The molecule has 0 spiro atoms. The van der Waals surface area contributed by atoms with Crippen LogP contribution >= 0.6 is 0 Å². The van der Waals surface area contributed by atoms with Gasteiger partial charge in [0, 0.05) is 19.5 Å². The summed E-state index contributed by atoms with van der Waals surface area (Å²) in [6.45, 7) is 11.8. The van der Waals surface area contributed by atoms with Crippen molar-refractivity contribution in [1.82, 2.24) is 20.4 Å². The summed E-state index contributed by atoms with van der Waals surface area (Å²) in [7, 11) is 0. The van der Waals surface area contributed by atoms with Crippen molar-refractivity contribution in [3.63, 3.8) is 0 Å². The normalized spacial score (nSPS) is 28.7. The van der Waals surface area contributed by atoms with Crippen molar-refractivity contribution >= 4 is 12.1 Å². The van der Waals surface area contributed by atoms with Crippen LogP contribution in [0.25, 0.3) is 0 Å². The monoisotopic (exact) mass is 262 g/mol. The largest absolute Gasteiger partial charge is 0.324 e. The highest BCUT2D eigenvalue weighted by Gasteiger charge is 2.61. The molecule has 2 aliphatic rings. The zero-order chi connectivity index (χ0) is 14.0. The van der Waals surface area contributed by atoms with Gasteiger partial charge in [0.25, 0.3) is 0 Å². The van der Waals surface area contributed by atoms with Crippen LogP contribution in [0.1, 0.15) is 6.42 Å². The first-order valence-corrected chi connectivity index (χ1v) is 6.10. The third-order valence-electron chi connectivity index (χ3n) is 3.41. The predicted octanol–water partition coefficient (Wildman–Crippen LogP) is 1.01. The summed E-state index contributed by atoms with van der Waals surface area (Å²) >= 11 is 0. The quantitative estimate of drug-likeness (QED) is 0.702. The van der Waals surface area contributed by atoms with Gasteiger partial charge in [-0.05, 0) is 0 Å². The van der Waals surface area contributed by atoms with E-state index in [2.05, 4.69) is 30.4 Å². The van der Waals surface area contributed by atoms with Crippen molar-refractivity contribution in [2.24, 2.45) is 0 Å². The molecule has 19 heavy (non-hydrogen) atoms. The molecule has 6 nitrogen and oxygen atoms in total. The van der Waals surface area contributed by atoms with Crippen molar-refractivity contribution in [3.05, 3.63) is 38.0 Å². The van der Waals surface area contributed by atoms with Crippen LogP contribution in [0.3, 0.4) is 0 Å². The fourth-order valence-corrected chi connectivity index (χ4v) is 2.72. The van der Waals surface area contributed by atoms with E-state index < -0.39 is 11.8 Å². The lowest BCUT2D eigenvalue weighted by Crippen LogP contribution is -2.58. The predicted molar refractivity (Wildman–Crippen MR) is 72.2 cm³/mol. The van der Waals surface area contributed by atoms with Gasteiger partial charge < -0.3 is 10.6 Å². The highest BCUT2D eigenvalue weighted by atomic mass is 16.2. The molecule has 2 saturated heterocycles. The average Bonchev–Trinajstić information content (AvgIpc) is 2.78. The molecule has 2 unspecified atom stereocenters. The number of fused-ring (bicyclic) bond motifs is 1. The standard InChI is InChI=1S/C13H18N4O2/c1-4-7-13-10(14-11(18)15-13)16(8-5-2)12(19)17(13)9-6-3/h4-6,10H,1-3,7-9H2,(H2,14,15,18). The highest BCUT2D eigenvalue weighted by molar-refractivity contribution is 5.86. The van der Waals surface area contributed by atoms with Crippen LogP contribution in [0.5, 0.6) is 0 Å². The maximum absolute atomic E-state index is 12.4. The number of rotatable bonds is 6. The topological polar surface area (TPSA) is 64.7 Å². The SMILES string of the molecule is C=CCN1C(=O)N(CC=C)C2(CC=C)NC(=O)NC12. The molecule has 0 aromatic heterocycles. The van der Waals surface area contributed by atoms with Gasteiger partial charge in [-0.25, -0.2) is 9.59 Å². The Morgan fingerprint density at radius 1 is 1.16 bits per heavy atom. The van der Waals surface area contributed by atoms with E-state index in [0.717, 1.165) is 0 Å². The van der Waals surface area contributed by atoms with E-state index in [9.17, 15) is 9.59 Å². The Morgan fingerprint density at radius 2 is 1.84 bits per heavy atom. The molecule has 0 saturated carbocycles. The molecule has 102 valence electrons. The molecule has 4 amide bonds. The van der Waals surface area contributed by atoms with Crippen LogP contribution in [-0.4, -0.2) is 46.8 Å². The third-order valence-corrected chi connectivity index (χ3v) is 3.41. The van der Waals surface area contributed by atoms with E-state index >= 15 is 0 Å². The van der Waals surface area contributed by atoms with E-state index in [0.29, 0.717) is 19.5 Å². The first-order chi connectivity index (χ1) is 9.10. The summed E-state index contributed by atoms with van der Waals surface area (Å²) in [4.78, 5) is 27.3. The molecule has 2 N–H and O–H groups in total. The molecule has 2 heterocycles. The summed E-state index contributed by atoms with van der Waals surface area (Å²) in [5.74, 6) is 0. The van der Waals surface area contributed by atoms with E-state index in [1.807, 2.05) is 0 Å². The first kappa shape index (κ1) is 13.2. The maximum atomic E-state index is 12.4. The average molecular weight is 262 g/mol. The minimum Gasteiger partial charge on any atom is -0.314 e. The first-order valence-electron chi connectivity index (χ1n) is 6.10. The molecular formula is C13H18N4O2. The van der Waals surface area contributed by atoms with Crippen molar-refractivity contribution in [1.29, 1.82) is 0 Å². The van der Waals surface area contributed by atoms with Crippen molar-refractivity contribution < 1.29 is 9.59 Å². The summed E-state index contributed by atoms with van der Waals surface area (Å²) in [6, 6.07) is -0.443. The minimum atomic E-state index is -0.798. The molecule has 0 radical (unpaired) electrons. The Bertz CT molecular complexity index is 448. The maximum Gasteiger partial charge on any atom is 0.324 e. The van der Waals surface area contributed by atoms with Gasteiger partial charge in [-0.15, -0.1) is 19.7 Å². The fourth-order valence-electron chi connectivity index (χ4n) is 2.72. The van der Waals surface area contributed by atoms with E-state index in [1.165, 1.54) is 0 Å². The van der Waals surface area contributed by atoms with Gasteiger partial charge in [-0.3, -0.25) is 9.80 Å². The summed E-state index contributed by atoms with van der Waals surface area (Å²) in [5, 5.41) is 5.62. The molecule has 2 aliphatic heterocycles. The number of nitrogens with zero attached hydrogens (tertiary/aromatic N) is 2. The number of carbonyl (C=O) groups excluding carboxylic acids is 2. The van der Waals surface area contributed by atoms with Crippen LogP contribution in [0.15, 0.2) is 38.0 Å². The van der Waals surface area contributed by atoms with Crippen molar-refractivity contribution in [3.8, 4) is 0 Å². The molecule has 0 bridgehead atoms. The van der Waals surface area contributed by atoms with Crippen molar-refractivity contribution in [2.45, 2.75) is 18.2 Å². The van der Waals surface area contributed by atoms with Crippen molar-refractivity contribution in [2.75, 3.05) is 13.1 Å². The molecule has 0 aromatic carbocycles. The molecule has 0 aromatic rings. The van der Waals surface area contributed by atoms with Gasteiger partial charge in [-0.2, -0.15) is 0 Å². The number of urea groups is 2. The van der Waals surface area contributed by atoms with Gasteiger partial charge in [0.15, 0.2) is 11.8 Å². The Labute approximate surface area is 112 Å². The lowest BCUT2D eigenvalue weighted by molar-refractivity contribution is 0.140. The lowest BCUT2D eigenvalue weighted by Gasteiger charge is -2.34. The number of hydrogen-bond donors (Lipinski definition) is 2. The fraction of sp³-hybridized carbons (Fsp3) is 0.385. The smallest absolute Gasteiger partial charge is 0.314 e. The number of amides is 4. The highest BCUT2D eigenvalue weighted by Crippen LogP contribution is 2.35. The van der Waals surface area contributed by atoms with E-state index in [1.54, 1.807) is 28.0 Å². The summed E-state index contributed by atoms with van der Waals surface area (Å²) < 4.78 is 0. The second-order valence-corrected chi connectivity index (χ2v) is 4.54. The van der Waals surface area contributed by atoms with Crippen LogP contribution in [0.4, 0.5) is 9.59 Å². The van der Waals surface area contributed by atoms with Gasteiger partial charge in [0.2, 0.25) is 0 Å². The Balaban J connectivity index is 2.43. The van der Waals surface area contributed by atoms with Crippen LogP contribution in [0.2, 0.25) is 0 Å². The van der Waals surface area contributed by atoms with Gasteiger partial charge in [0.05, 0.1) is 0 Å². The molecular weight excluding hydrogens is 244 g/mol. The Hall–Kier alpha value is -2.24. The molecule has 6 heteroatoms. The van der Waals surface area contributed by atoms with Gasteiger partial charge >= 0.3 is 12.1 Å². The molecule has 0 aliphatic carbocycles.